The largest absolute Gasteiger partial charge is 0.397 e. The average Bonchev–Trinajstić information content (AvgIpc) is 3.10. The molecule has 1 fully saturated rings. The molecule has 0 aliphatic heterocycles. The normalized spacial score (nSPS) is 15.0. The molecule has 0 spiro atoms. The van der Waals surface area contributed by atoms with E-state index in [9.17, 15) is 4.39 Å². The van der Waals surface area contributed by atoms with E-state index in [-0.39, 0.29) is 5.82 Å². The van der Waals surface area contributed by atoms with Gasteiger partial charge in [0.15, 0.2) is 0 Å². The summed E-state index contributed by atoms with van der Waals surface area (Å²) in [6.45, 7) is 3.22. The summed E-state index contributed by atoms with van der Waals surface area (Å²) in [6, 6.07) is 3.78. The van der Waals surface area contributed by atoms with Gasteiger partial charge in [-0.1, -0.05) is 0 Å². The lowest BCUT2D eigenvalue weighted by molar-refractivity contribution is 0.205. The zero-order valence-corrected chi connectivity index (χ0v) is 10.4. The fourth-order valence-electron chi connectivity index (χ4n) is 2.01. The molecule has 1 aromatic rings. The van der Waals surface area contributed by atoms with Gasteiger partial charge < -0.3 is 15.4 Å². The molecule has 3 nitrogen and oxygen atoms in total. The van der Waals surface area contributed by atoms with Crippen molar-refractivity contribution in [3.05, 3.63) is 23.5 Å². The van der Waals surface area contributed by atoms with Gasteiger partial charge >= 0.3 is 0 Å². The van der Waals surface area contributed by atoms with Gasteiger partial charge in [-0.05, 0) is 37.5 Å². The van der Waals surface area contributed by atoms with Crippen LogP contribution >= 0.6 is 0 Å². The lowest BCUT2D eigenvalue weighted by Gasteiger charge is -2.26. The van der Waals surface area contributed by atoms with Crippen LogP contribution < -0.4 is 10.6 Å². The van der Waals surface area contributed by atoms with Gasteiger partial charge in [0.25, 0.3) is 0 Å². The van der Waals surface area contributed by atoms with Crippen molar-refractivity contribution in [2.24, 2.45) is 0 Å². The Kier molecular flexibility index (Phi) is 3.52. The van der Waals surface area contributed by atoms with Crippen molar-refractivity contribution in [1.29, 1.82) is 0 Å². The van der Waals surface area contributed by atoms with Gasteiger partial charge in [-0.3, -0.25) is 0 Å². The summed E-state index contributed by atoms with van der Waals surface area (Å²) in [5.74, 6) is -0.242. The van der Waals surface area contributed by atoms with Crippen molar-refractivity contribution < 1.29 is 9.13 Å². The smallest absolute Gasteiger partial charge is 0.128 e. The standard InChI is InChI=1S/C13H19FN2O/c1-9-7-13(12(15)8-11(9)14)16(5-6-17-2)10-3-4-10/h7-8,10H,3-6,15H2,1-2H3. The van der Waals surface area contributed by atoms with Crippen LogP contribution in [0.4, 0.5) is 15.8 Å². The van der Waals surface area contributed by atoms with E-state index in [1.54, 1.807) is 14.0 Å². The van der Waals surface area contributed by atoms with Gasteiger partial charge in [-0.25, -0.2) is 4.39 Å². The summed E-state index contributed by atoms with van der Waals surface area (Å²) in [6.07, 6.45) is 2.36. The molecular weight excluding hydrogens is 219 g/mol. The summed E-state index contributed by atoms with van der Waals surface area (Å²) in [5, 5.41) is 0. The Balaban J connectivity index is 2.25. The number of methoxy groups -OCH3 is 1. The van der Waals surface area contributed by atoms with E-state index in [4.69, 9.17) is 10.5 Å². The van der Waals surface area contributed by atoms with E-state index in [1.165, 1.54) is 18.9 Å². The lowest BCUT2D eigenvalue weighted by Crippen LogP contribution is -2.30. The fraction of sp³-hybridized carbons (Fsp3) is 0.538. The topological polar surface area (TPSA) is 38.5 Å². The third-order valence-corrected chi connectivity index (χ3v) is 3.14. The molecule has 0 bridgehead atoms. The van der Waals surface area contributed by atoms with Crippen molar-refractivity contribution in [1.82, 2.24) is 0 Å². The lowest BCUT2D eigenvalue weighted by atomic mass is 10.1. The molecule has 0 saturated heterocycles. The maximum Gasteiger partial charge on any atom is 0.128 e. The van der Waals surface area contributed by atoms with Crippen molar-refractivity contribution in [3.8, 4) is 0 Å². The third kappa shape index (κ3) is 2.69. The molecule has 1 aliphatic carbocycles. The Hall–Kier alpha value is -1.29. The molecule has 94 valence electrons. The minimum atomic E-state index is -0.242. The Morgan fingerprint density at radius 1 is 1.47 bits per heavy atom. The van der Waals surface area contributed by atoms with Crippen molar-refractivity contribution in [2.45, 2.75) is 25.8 Å². The summed E-state index contributed by atoms with van der Waals surface area (Å²) < 4.78 is 18.5. The maximum absolute atomic E-state index is 13.4. The van der Waals surface area contributed by atoms with E-state index in [1.807, 2.05) is 6.07 Å². The Labute approximate surface area is 101 Å². The molecule has 0 radical (unpaired) electrons. The molecule has 0 aromatic heterocycles. The number of benzene rings is 1. The highest BCUT2D eigenvalue weighted by atomic mass is 19.1. The Bertz CT molecular complexity index is 405. The number of nitrogen functional groups attached to an aromatic ring is 1. The second-order valence-corrected chi connectivity index (χ2v) is 4.58. The number of nitrogens with zero attached hydrogens (tertiary/aromatic N) is 1. The first-order valence-corrected chi connectivity index (χ1v) is 5.94. The quantitative estimate of drug-likeness (QED) is 0.800. The second-order valence-electron chi connectivity index (χ2n) is 4.58. The van der Waals surface area contributed by atoms with Gasteiger partial charge in [0, 0.05) is 19.7 Å². The Morgan fingerprint density at radius 3 is 2.76 bits per heavy atom. The number of nitrogens with two attached hydrogens (primary N) is 1. The third-order valence-electron chi connectivity index (χ3n) is 3.14. The molecule has 1 aliphatic rings. The first-order chi connectivity index (χ1) is 8.13. The molecular formula is C13H19FN2O. The predicted octanol–water partition coefficient (Wildman–Crippen LogP) is 2.33. The number of ether oxygens (including phenoxy) is 1. The van der Waals surface area contributed by atoms with Crippen LogP contribution in [0.1, 0.15) is 18.4 Å². The van der Waals surface area contributed by atoms with Crippen LogP contribution in [0.3, 0.4) is 0 Å². The molecule has 17 heavy (non-hydrogen) atoms. The summed E-state index contributed by atoms with van der Waals surface area (Å²) in [5.41, 5.74) is 7.99. The molecule has 0 unspecified atom stereocenters. The van der Waals surface area contributed by atoms with Crippen LogP contribution in [0.2, 0.25) is 0 Å². The van der Waals surface area contributed by atoms with E-state index >= 15 is 0 Å². The monoisotopic (exact) mass is 238 g/mol. The van der Waals surface area contributed by atoms with Crippen LogP contribution in [0.5, 0.6) is 0 Å². The van der Waals surface area contributed by atoms with Crippen molar-refractivity contribution in [3.63, 3.8) is 0 Å². The molecule has 2 rings (SSSR count). The van der Waals surface area contributed by atoms with Gasteiger partial charge in [0.05, 0.1) is 18.0 Å². The van der Waals surface area contributed by atoms with E-state index < -0.39 is 0 Å². The highest BCUT2D eigenvalue weighted by Crippen LogP contribution is 2.35. The molecule has 1 saturated carbocycles. The van der Waals surface area contributed by atoms with Crippen molar-refractivity contribution in [2.75, 3.05) is 30.9 Å². The molecule has 0 amide bonds. The van der Waals surface area contributed by atoms with E-state index in [0.29, 0.717) is 23.9 Å². The minimum absolute atomic E-state index is 0.242. The van der Waals surface area contributed by atoms with Gasteiger partial charge in [-0.2, -0.15) is 0 Å². The van der Waals surface area contributed by atoms with Crippen molar-refractivity contribution >= 4 is 11.4 Å². The maximum atomic E-state index is 13.4. The molecule has 4 heteroatoms. The van der Waals surface area contributed by atoms with E-state index in [2.05, 4.69) is 4.90 Å². The van der Waals surface area contributed by atoms with Crippen LogP contribution in [0.25, 0.3) is 0 Å². The van der Waals surface area contributed by atoms with Gasteiger partial charge in [0.2, 0.25) is 0 Å². The number of halogens is 1. The number of hydrogen-bond acceptors (Lipinski definition) is 3. The van der Waals surface area contributed by atoms with Crippen LogP contribution in [-0.4, -0.2) is 26.3 Å². The van der Waals surface area contributed by atoms with Crippen LogP contribution in [0, 0.1) is 12.7 Å². The van der Waals surface area contributed by atoms with Gasteiger partial charge in [-0.15, -0.1) is 0 Å². The van der Waals surface area contributed by atoms with E-state index in [0.717, 1.165) is 12.2 Å². The highest BCUT2D eigenvalue weighted by Gasteiger charge is 2.30. The van der Waals surface area contributed by atoms with Crippen LogP contribution in [0.15, 0.2) is 12.1 Å². The predicted molar refractivity (Wildman–Crippen MR) is 67.8 cm³/mol. The first kappa shape index (κ1) is 12.2. The average molecular weight is 238 g/mol. The minimum Gasteiger partial charge on any atom is -0.397 e. The molecule has 1 aromatic carbocycles. The molecule has 0 heterocycles. The highest BCUT2D eigenvalue weighted by molar-refractivity contribution is 5.69. The first-order valence-electron chi connectivity index (χ1n) is 5.94. The zero-order chi connectivity index (χ0) is 12.4. The molecule has 0 atom stereocenters. The molecule has 2 N–H and O–H groups in total. The fourth-order valence-corrected chi connectivity index (χ4v) is 2.01. The summed E-state index contributed by atoms with van der Waals surface area (Å²) in [4.78, 5) is 2.23. The van der Waals surface area contributed by atoms with Gasteiger partial charge in [0.1, 0.15) is 5.82 Å². The Morgan fingerprint density at radius 2 is 2.18 bits per heavy atom. The SMILES string of the molecule is COCCN(c1cc(C)c(F)cc1N)C1CC1. The number of aryl methyl sites for hydroxylation is 1. The van der Waals surface area contributed by atoms with Crippen LogP contribution in [-0.2, 0) is 4.74 Å². The number of anilines is 2. The number of rotatable bonds is 5. The summed E-state index contributed by atoms with van der Waals surface area (Å²) >= 11 is 0. The number of hydrogen-bond donors (Lipinski definition) is 1. The summed E-state index contributed by atoms with van der Waals surface area (Å²) in [7, 11) is 1.68. The zero-order valence-electron chi connectivity index (χ0n) is 10.4. The second kappa shape index (κ2) is 4.92.